The monoisotopic (exact) mass is 337 g/mol. The van der Waals surface area contributed by atoms with Crippen LogP contribution in [0.1, 0.15) is 43.7 Å². The normalized spacial score (nSPS) is 12.2. The van der Waals surface area contributed by atoms with Crippen LogP contribution in [0.4, 0.5) is 0 Å². The highest BCUT2D eigenvalue weighted by Gasteiger charge is 2.16. The van der Waals surface area contributed by atoms with E-state index in [0.29, 0.717) is 29.2 Å². The van der Waals surface area contributed by atoms with E-state index in [1.165, 1.54) is 6.20 Å². The average molecular weight is 337 g/mol. The maximum atomic E-state index is 11.7. The fraction of sp³-hybridized carbons (Fsp3) is 0.529. The first-order valence-corrected chi connectivity index (χ1v) is 7.93. The van der Waals surface area contributed by atoms with E-state index in [4.69, 9.17) is 10.8 Å². The number of aromatic nitrogens is 1. The predicted octanol–water partition coefficient (Wildman–Crippen LogP) is 1.30. The molecule has 0 radical (unpaired) electrons. The number of aliphatic hydroxyl groups excluding tert-OH is 1. The lowest BCUT2D eigenvalue weighted by atomic mass is 10.1. The molecule has 0 spiro atoms. The third-order valence-corrected chi connectivity index (χ3v) is 2.74. The zero-order chi connectivity index (χ0) is 19.1. The molecule has 7 nitrogen and oxygen atoms in total. The third-order valence-electron chi connectivity index (χ3n) is 2.74. The number of aliphatic hydroxyl groups is 1. The van der Waals surface area contributed by atoms with Gasteiger partial charge in [-0.2, -0.15) is 0 Å². The topological polar surface area (TPSA) is 113 Å². The Kier molecular flexibility index (Phi) is 14.6. The van der Waals surface area contributed by atoms with Gasteiger partial charge in [0.25, 0.3) is 5.91 Å². The SMILES string of the molecule is CC.CCNC(=O)c1ccc(C(=NC)C(=NC)C(C)N)nc1.CO. The minimum atomic E-state index is -0.233. The van der Waals surface area contributed by atoms with E-state index >= 15 is 0 Å². The van der Waals surface area contributed by atoms with Crippen LogP contribution in [0, 0.1) is 0 Å². The Balaban J connectivity index is 0. The molecule has 0 saturated carbocycles. The van der Waals surface area contributed by atoms with Crippen molar-refractivity contribution < 1.29 is 9.90 Å². The van der Waals surface area contributed by atoms with Crippen molar-refractivity contribution in [1.29, 1.82) is 0 Å². The Bertz CT molecular complexity index is 522. The Morgan fingerprint density at radius 3 is 2.21 bits per heavy atom. The molecule has 0 bridgehead atoms. The van der Waals surface area contributed by atoms with E-state index in [2.05, 4.69) is 20.3 Å². The quantitative estimate of drug-likeness (QED) is 0.703. The summed E-state index contributed by atoms with van der Waals surface area (Å²) in [4.78, 5) is 24.3. The maximum Gasteiger partial charge on any atom is 0.252 e. The number of nitrogens with zero attached hydrogens (tertiary/aromatic N) is 3. The van der Waals surface area contributed by atoms with Crippen LogP contribution in [0.3, 0.4) is 0 Å². The number of aliphatic imine (C=N–C) groups is 2. The van der Waals surface area contributed by atoms with Gasteiger partial charge < -0.3 is 16.2 Å². The second-order valence-electron chi connectivity index (χ2n) is 4.26. The first kappa shape index (κ1) is 24.1. The van der Waals surface area contributed by atoms with Crippen LogP contribution < -0.4 is 11.1 Å². The van der Waals surface area contributed by atoms with Crippen LogP contribution in [0.25, 0.3) is 0 Å². The van der Waals surface area contributed by atoms with E-state index in [1.807, 2.05) is 27.7 Å². The fourth-order valence-corrected chi connectivity index (χ4v) is 1.82. The fourth-order valence-electron chi connectivity index (χ4n) is 1.82. The highest BCUT2D eigenvalue weighted by molar-refractivity contribution is 6.49. The van der Waals surface area contributed by atoms with Crippen LogP contribution in [0.15, 0.2) is 28.3 Å². The average Bonchev–Trinajstić information content (AvgIpc) is 2.63. The summed E-state index contributed by atoms with van der Waals surface area (Å²) in [7, 11) is 4.34. The van der Waals surface area contributed by atoms with Gasteiger partial charge in [0.05, 0.1) is 17.0 Å². The van der Waals surface area contributed by atoms with E-state index in [0.717, 1.165) is 7.11 Å². The molecule has 1 aromatic rings. The minimum absolute atomic E-state index is 0.141. The van der Waals surface area contributed by atoms with E-state index in [9.17, 15) is 4.79 Å². The lowest BCUT2D eigenvalue weighted by Gasteiger charge is -2.12. The lowest BCUT2D eigenvalue weighted by molar-refractivity contribution is 0.0955. The van der Waals surface area contributed by atoms with Gasteiger partial charge in [-0.3, -0.25) is 19.8 Å². The van der Waals surface area contributed by atoms with Crippen molar-refractivity contribution in [3.8, 4) is 0 Å². The van der Waals surface area contributed by atoms with Gasteiger partial charge in [0.2, 0.25) is 0 Å². The Morgan fingerprint density at radius 2 is 1.88 bits per heavy atom. The van der Waals surface area contributed by atoms with Gasteiger partial charge in [-0.05, 0) is 26.0 Å². The van der Waals surface area contributed by atoms with Crippen molar-refractivity contribution in [2.45, 2.75) is 33.7 Å². The summed E-state index contributed by atoms with van der Waals surface area (Å²) in [6.07, 6.45) is 1.53. The summed E-state index contributed by atoms with van der Waals surface area (Å²) in [6.45, 7) is 8.30. The molecule has 1 heterocycles. The molecule has 1 rings (SSSR count). The number of carbonyl (C=O) groups is 1. The Labute approximate surface area is 145 Å². The maximum absolute atomic E-state index is 11.7. The van der Waals surface area contributed by atoms with Crippen molar-refractivity contribution in [3.05, 3.63) is 29.6 Å². The number of hydrogen-bond donors (Lipinski definition) is 3. The minimum Gasteiger partial charge on any atom is -0.400 e. The summed E-state index contributed by atoms with van der Waals surface area (Å²) in [5, 5.41) is 9.72. The van der Waals surface area contributed by atoms with Gasteiger partial charge in [0, 0.05) is 40.0 Å². The first-order chi connectivity index (χ1) is 11.5. The van der Waals surface area contributed by atoms with Crippen LogP contribution in [0.2, 0.25) is 0 Å². The molecule has 0 aliphatic heterocycles. The van der Waals surface area contributed by atoms with Gasteiger partial charge in [-0.1, -0.05) is 13.8 Å². The molecular weight excluding hydrogens is 306 g/mol. The largest absolute Gasteiger partial charge is 0.400 e. The summed E-state index contributed by atoms with van der Waals surface area (Å²) >= 11 is 0. The number of nitrogens with two attached hydrogens (primary N) is 1. The molecular formula is C17H31N5O2. The highest BCUT2D eigenvalue weighted by atomic mass is 16.2. The Morgan fingerprint density at radius 1 is 1.29 bits per heavy atom. The van der Waals surface area contributed by atoms with Crippen molar-refractivity contribution in [2.75, 3.05) is 27.7 Å². The smallest absolute Gasteiger partial charge is 0.252 e. The number of carbonyl (C=O) groups excluding carboxylic acids is 1. The zero-order valence-corrected chi connectivity index (χ0v) is 15.8. The lowest BCUT2D eigenvalue weighted by Crippen LogP contribution is -2.34. The molecule has 0 aliphatic rings. The molecule has 136 valence electrons. The van der Waals surface area contributed by atoms with Crippen molar-refractivity contribution in [3.63, 3.8) is 0 Å². The van der Waals surface area contributed by atoms with Crippen molar-refractivity contribution in [2.24, 2.45) is 15.7 Å². The van der Waals surface area contributed by atoms with Gasteiger partial charge in [-0.15, -0.1) is 0 Å². The van der Waals surface area contributed by atoms with Crippen LogP contribution >= 0.6 is 0 Å². The number of hydrogen-bond acceptors (Lipinski definition) is 6. The summed E-state index contributed by atoms with van der Waals surface area (Å²) in [5.41, 5.74) is 8.37. The summed E-state index contributed by atoms with van der Waals surface area (Å²) in [6, 6.07) is 3.23. The molecule has 0 aliphatic carbocycles. The molecule has 1 unspecified atom stereocenters. The number of nitrogens with one attached hydrogen (secondary N) is 1. The summed E-state index contributed by atoms with van der Waals surface area (Å²) in [5.74, 6) is -0.141. The van der Waals surface area contributed by atoms with E-state index in [1.54, 1.807) is 26.2 Å². The predicted molar refractivity (Wildman–Crippen MR) is 101 cm³/mol. The number of amides is 1. The molecule has 0 fully saturated rings. The Hall–Kier alpha value is -2.12. The molecule has 0 aromatic carbocycles. The standard InChI is InChI=1S/C14H21N5O.C2H6.CH4O/c1-5-18-14(20)10-6-7-11(19-8-10)13(17-4)12(16-3)9(2)15;2*1-2/h6-9H,5,15H2,1-4H3,(H,18,20);1-2H3;2H,1H3. The van der Waals surface area contributed by atoms with Gasteiger partial charge in [-0.25, -0.2) is 0 Å². The van der Waals surface area contributed by atoms with Crippen molar-refractivity contribution in [1.82, 2.24) is 10.3 Å². The first-order valence-electron chi connectivity index (χ1n) is 7.93. The second-order valence-corrected chi connectivity index (χ2v) is 4.26. The summed E-state index contributed by atoms with van der Waals surface area (Å²) < 4.78 is 0. The molecule has 24 heavy (non-hydrogen) atoms. The van der Waals surface area contributed by atoms with Crippen LogP contribution in [0.5, 0.6) is 0 Å². The van der Waals surface area contributed by atoms with E-state index < -0.39 is 0 Å². The van der Waals surface area contributed by atoms with E-state index in [-0.39, 0.29) is 11.9 Å². The third kappa shape index (κ3) is 7.43. The number of rotatable bonds is 5. The number of pyridine rings is 1. The molecule has 7 heteroatoms. The van der Waals surface area contributed by atoms with Crippen LogP contribution in [-0.4, -0.2) is 61.2 Å². The molecule has 1 atom stereocenters. The van der Waals surface area contributed by atoms with Gasteiger partial charge >= 0.3 is 0 Å². The molecule has 1 aromatic heterocycles. The highest BCUT2D eigenvalue weighted by Crippen LogP contribution is 2.05. The molecule has 0 saturated heterocycles. The van der Waals surface area contributed by atoms with Gasteiger partial charge in [0.15, 0.2) is 0 Å². The molecule has 4 N–H and O–H groups in total. The van der Waals surface area contributed by atoms with Gasteiger partial charge in [0.1, 0.15) is 5.71 Å². The van der Waals surface area contributed by atoms with Crippen molar-refractivity contribution >= 4 is 17.3 Å². The zero-order valence-electron chi connectivity index (χ0n) is 15.8. The van der Waals surface area contributed by atoms with Crippen LogP contribution in [-0.2, 0) is 0 Å². The second kappa shape index (κ2) is 14.5. The molecule has 1 amide bonds.